The molecule has 0 bridgehead atoms. The molecule has 140 valence electrons. The molecule has 2 rings (SSSR count). The number of nitrogens with two attached hydrogens (primary N) is 1. The Balaban J connectivity index is 2.10. The third-order valence-electron chi connectivity index (χ3n) is 3.26. The van der Waals surface area contributed by atoms with Gasteiger partial charge in [-0.05, 0) is 29.8 Å². The van der Waals surface area contributed by atoms with Crippen molar-refractivity contribution in [2.45, 2.75) is 12.9 Å². The van der Waals surface area contributed by atoms with Crippen molar-refractivity contribution in [3.63, 3.8) is 0 Å². The van der Waals surface area contributed by atoms with Gasteiger partial charge in [-0.3, -0.25) is 0 Å². The van der Waals surface area contributed by atoms with Gasteiger partial charge in [-0.2, -0.15) is 0 Å². The minimum Gasteiger partial charge on any atom is -0.493 e. The molecule has 0 aliphatic rings. The van der Waals surface area contributed by atoms with Crippen LogP contribution < -0.4 is 25.3 Å². The van der Waals surface area contributed by atoms with Crippen LogP contribution in [-0.4, -0.2) is 26.5 Å². The molecular formula is C17H18F3N3O3. The largest absolute Gasteiger partial charge is 0.573 e. The summed E-state index contributed by atoms with van der Waals surface area (Å²) in [6, 6.07) is 10.8. The Morgan fingerprint density at radius 3 is 2.38 bits per heavy atom. The molecular weight excluding hydrogens is 351 g/mol. The SMILES string of the molecule is COc1ccc(CN=C(N)Nc2ccccc2OC(F)(F)F)cc1OC. The molecule has 0 aromatic heterocycles. The van der Waals surface area contributed by atoms with Crippen LogP contribution in [0, 0.1) is 0 Å². The van der Waals surface area contributed by atoms with Gasteiger partial charge in [-0.25, -0.2) is 4.99 Å². The van der Waals surface area contributed by atoms with Gasteiger partial charge in [0.15, 0.2) is 23.2 Å². The second kappa shape index (κ2) is 8.32. The zero-order chi connectivity index (χ0) is 19.2. The van der Waals surface area contributed by atoms with Gasteiger partial charge in [0.25, 0.3) is 0 Å². The second-order valence-corrected chi connectivity index (χ2v) is 5.06. The summed E-state index contributed by atoms with van der Waals surface area (Å²) in [5.41, 5.74) is 6.60. The fourth-order valence-corrected chi connectivity index (χ4v) is 2.12. The summed E-state index contributed by atoms with van der Waals surface area (Å²) < 4.78 is 51.6. The molecule has 0 fully saturated rings. The first-order valence-corrected chi connectivity index (χ1v) is 7.45. The van der Waals surface area contributed by atoms with Crippen molar-refractivity contribution in [2.75, 3.05) is 19.5 Å². The highest BCUT2D eigenvalue weighted by atomic mass is 19.4. The molecule has 9 heteroatoms. The molecule has 0 radical (unpaired) electrons. The molecule has 2 aromatic rings. The molecule has 0 spiro atoms. The van der Waals surface area contributed by atoms with Gasteiger partial charge in [-0.15, -0.1) is 13.2 Å². The van der Waals surface area contributed by atoms with E-state index in [0.29, 0.717) is 11.5 Å². The van der Waals surface area contributed by atoms with Crippen LogP contribution in [0.3, 0.4) is 0 Å². The van der Waals surface area contributed by atoms with Gasteiger partial charge in [0.05, 0.1) is 26.5 Å². The maximum absolute atomic E-state index is 12.4. The normalized spacial score (nSPS) is 11.8. The minimum atomic E-state index is -4.80. The third kappa shape index (κ3) is 5.47. The van der Waals surface area contributed by atoms with Crippen LogP contribution in [0.5, 0.6) is 17.2 Å². The molecule has 2 aromatic carbocycles. The van der Waals surface area contributed by atoms with Crippen molar-refractivity contribution < 1.29 is 27.4 Å². The van der Waals surface area contributed by atoms with E-state index in [1.165, 1.54) is 32.4 Å². The van der Waals surface area contributed by atoms with Gasteiger partial charge in [0.1, 0.15) is 0 Å². The van der Waals surface area contributed by atoms with Crippen LogP contribution >= 0.6 is 0 Å². The van der Waals surface area contributed by atoms with Crippen molar-refractivity contribution in [1.29, 1.82) is 0 Å². The zero-order valence-electron chi connectivity index (χ0n) is 14.1. The molecule has 0 aliphatic heterocycles. The average Bonchev–Trinajstić information content (AvgIpc) is 2.60. The van der Waals surface area contributed by atoms with Crippen molar-refractivity contribution in [1.82, 2.24) is 0 Å². The van der Waals surface area contributed by atoms with Crippen LogP contribution in [0.25, 0.3) is 0 Å². The fourth-order valence-electron chi connectivity index (χ4n) is 2.12. The molecule has 0 saturated heterocycles. The van der Waals surface area contributed by atoms with E-state index in [9.17, 15) is 13.2 Å². The van der Waals surface area contributed by atoms with E-state index in [-0.39, 0.29) is 18.2 Å². The summed E-state index contributed by atoms with van der Waals surface area (Å²) in [5, 5.41) is 2.60. The first-order chi connectivity index (χ1) is 12.3. The van der Waals surface area contributed by atoms with Crippen LogP contribution in [0.4, 0.5) is 18.9 Å². The summed E-state index contributed by atoms with van der Waals surface area (Å²) in [7, 11) is 3.04. The molecule has 0 atom stereocenters. The van der Waals surface area contributed by atoms with Crippen molar-refractivity contribution >= 4 is 11.6 Å². The molecule has 0 aliphatic carbocycles. The average molecular weight is 369 g/mol. The van der Waals surface area contributed by atoms with Crippen molar-refractivity contribution in [3.8, 4) is 17.2 Å². The Kier molecular flexibility index (Phi) is 6.16. The van der Waals surface area contributed by atoms with Crippen molar-refractivity contribution in [2.24, 2.45) is 10.7 Å². The molecule has 6 nitrogen and oxygen atoms in total. The van der Waals surface area contributed by atoms with Crippen molar-refractivity contribution in [3.05, 3.63) is 48.0 Å². The molecule has 0 heterocycles. The number of para-hydroxylation sites is 2. The van der Waals surface area contributed by atoms with E-state index in [4.69, 9.17) is 15.2 Å². The molecule has 0 saturated carbocycles. The maximum atomic E-state index is 12.4. The van der Waals surface area contributed by atoms with Crippen LogP contribution in [0.2, 0.25) is 0 Å². The number of benzene rings is 2. The number of hydrogen-bond acceptors (Lipinski definition) is 4. The summed E-state index contributed by atoms with van der Waals surface area (Å²) in [6.45, 7) is 0.196. The minimum absolute atomic E-state index is 0.0541. The lowest BCUT2D eigenvalue weighted by molar-refractivity contribution is -0.274. The Morgan fingerprint density at radius 1 is 1.04 bits per heavy atom. The highest BCUT2D eigenvalue weighted by molar-refractivity contribution is 5.93. The topological polar surface area (TPSA) is 78.1 Å². The molecule has 3 N–H and O–H groups in total. The lowest BCUT2D eigenvalue weighted by Crippen LogP contribution is -2.24. The monoisotopic (exact) mass is 369 g/mol. The fraction of sp³-hybridized carbons (Fsp3) is 0.235. The Labute approximate surface area is 148 Å². The molecule has 26 heavy (non-hydrogen) atoms. The Bertz CT molecular complexity index is 779. The summed E-state index contributed by atoms with van der Waals surface area (Å²) >= 11 is 0. The summed E-state index contributed by atoms with van der Waals surface area (Å²) in [5.74, 6) is 0.655. The van der Waals surface area contributed by atoms with E-state index >= 15 is 0 Å². The smallest absolute Gasteiger partial charge is 0.493 e. The first-order valence-electron chi connectivity index (χ1n) is 7.45. The van der Waals surface area contributed by atoms with Gasteiger partial charge >= 0.3 is 6.36 Å². The predicted octanol–water partition coefficient (Wildman–Crippen LogP) is 3.53. The van der Waals surface area contributed by atoms with Crippen LogP contribution in [0.1, 0.15) is 5.56 Å². The van der Waals surface area contributed by atoms with Gasteiger partial charge < -0.3 is 25.3 Å². The number of rotatable bonds is 6. The lowest BCUT2D eigenvalue weighted by atomic mass is 10.2. The van der Waals surface area contributed by atoms with Crippen LogP contribution in [0.15, 0.2) is 47.5 Å². The number of guanidine groups is 1. The molecule has 0 unspecified atom stereocenters. The highest BCUT2D eigenvalue weighted by Gasteiger charge is 2.32. The number of nitrogens with zero attached hydrogens (tertiary/aromatic N) is 1. The molecule has 0 amide bonds. The summed E-state index contributed by atoms with van der Waals surface area (Å²) in [4.78, 5) is 4.11. The quantitative estimate of drug-likeness (QED) is 0.602. The first kappa shape index (κ1) is 19.2. The number of anilines is 1. The Hall–Kier alpha value is -3.10. The number of hydrogen-bond donors (Lipinski definition) is 2. The predicted molar refractivity (Wildman–Crippen MR) is 91.6 cm³/mol. The van der Waals surface area contributed by atoms with E-state index in [1.54, 1.807) is 24.3 Å². The zero-order valence-corrected chi connectivity index (χ0v) is 14.1. The van der Waals surface area contributed by atoms with Gasteiger partial charge in [-0.1, -0.05) is 18.2 Å². The second-order valence-electron chi connectivity index (χ2n) is 5.06. The highest BCUT2D eigenvalue weighted by Crippen LogP contribution is 2.30. The number of alkyl halides is 3. The number of halogens is 3. The number of nitrogens with one attached hydrogen (secondary N) is 1. The van der Waals surface area contributed by atoms with E-state index in [0.717, 1.165) is 5.56 Å². The standard InChI is InChI=1S/C17H18F3N3O3/c1-24-14-8-7-11(9-15(14)25-2)10-22-16(21)23-12-5-3-4-6-13(12)26-17(18,19)20/h3-9H,10H2,1-2H3,(H3,21,22,23). The van der Waals surface area contributed by atoms with E-state index in [1.807, 2.05) is 0 Å². The number of methoxy groups -OCH3 is 2. The maximum Gasteiger partial charge on any atom is 0.573 e. The van der Waals surface area contributed by atoms with E-state index in [2.05, 4.69) is 15.0 Å². The number of ether oxygens (including phenoxy) is 3. The van der Waals surface area contributed by atoms with E-state index < -0.39 is 12.1 Å². The lowest BCUT2D eigenvalue weighted by Gasteiger charge is -2.14. The van der Waals surface area contributed by atoms with Crippen LogP contribution in [-0.2, 0) is 6.54 Å². The van der Waals surface area contributed by atoms with Gasteiger partial charge in [0.2, 0.25) is 0 Å². The van der Waals surface area contributed by atoms with Gasteiger partial charge in [0, 0.05) is 0 Å². The summed E-state index contributed by atoms with van der Waals surface area (Å²) in [6.07, 6.45) is -4.80. The third-order valence-corrected chi connectivity index (χ3v) is 3.26. The Morgan fingerprint density at radius 2 is 1.73 bits per heavy atom. The number of aliphatic imine (C=N–C) groups is 1.